The fourth-order valence-electron chi connectivity index (χ4n) is 2.32. The van der Waals surface area contributed by atoms with Crippen LogP contribution >= 0.6 is 0 Å². The number of carboxylic acids is 1. The standard InChI is InChI=1S/C18H18O4/c1-12(11-14-7-4-3-5-8-14)22-18(21)16-10-6-9-15(13(16)2)17(19)20/h3-10,12H,11H2,1-2H3,(H,19,20). The molecule has 0 radical (unpaired) electrons. The topological polar surface area (TPSA) is 63.6 Å². The molecule has 0 saturated heterocycles. The summed E-state index contributed by atoms with van der Waals surface area (Å²) in [5.41, 5.74) is 1.91. The first-order valence-corrected chi connectivity index (χ1v) is 7.07. The summed E-state index contributed by atoms with van der Waals surface area (Å²) in [4.78, 5) is 23.3. The van der Waals surface area contributed by atoms with Gasteiger partial charge in [-0.05, 0) is 37.1 Å². The Kier molecular flexibility index (Phi) is 4.94. The smallest absolute Gasteiger partial charge is 0.338 e. The van der Waals surface area contributed by atoms with Gasteiger partial charge in [-0.25, -0.2) is 9.59 Å². The first-order chi connectivity index (χ1) is 10.5. The Labute approximate surface area is 129 Å². The van der Waals surface area contributed by atoms with Crippen LogP contribution in [0.4, 0.5) is 0 Å². The molecule has 114 valence electrons. The summed E-state index contributed by atoms with van der Waals surface area (Å²) in [5, 5.41) is 9.10. The van der Waals surface area contributed by atoms with Gasteiger partial charge in [-0.2, -0.15) is 0 Å². The molecular formula is C18H18O4. The number of hydrogen-bond donors (Lipinski definition) is 1. The Morgan fingerprint density at radius 1 is 1.05 bits per heavy atom. The lowest BCUT2D eigenvalue weighted by molar-refractivity contribution is 0.0342. The average Bonchev–Trinajstić information content (AvgIpc) is 2.47. The van der Waals surface area contributed by atoms with Gasteiger partial charge in [0.2, 0.25) is 0 Å². The van der Waals surface area contributed by atoms with Gasteiger partial charge in [0.05, 0.1) is 11.1 Å². The fourth-order valence-corrected chi connectivity index (χ4v) is 2.32. The zero-order valence-corrected chi connectivity index (χ0v) is 12.6. The van der Waals surface area contributed by atoms with Crippen molar-refractivity contribution in [1.29, 1.82) is 0 Å². The minimum absolute atomic E-state index is 0.116. The molecule has 2 rings (SSSR count). The van der Waals surface area contributed by atoms with E-state index in [2.05, 4.69) is 0 Å². The Hall–Kier alpha value is -2.62. The third-order valence-corrected chi connectivity index (χ3v) is 3.46. The number of esters is 1. The molecule has 0 aliphatic rings. The molecule has 0 fully saturated rings. The van der Waals surface area contributed by atoms with Crippen LogP contribution in [0.2, 0.25) is 0 Å². The molecule has 0 aromatic heterocycles. The summed E-state index contributed by atoms with van der Waals surface area (Å²) < 4.78 is 5.42. The van der Waals surface area contributed by atoms with E-state index in [9.17, 15) is 9.59 Å². The van der Waals surface area contributed by atoms with Gasteiger partial charge in [0.1, 0.15) is 6.10 Å². The monoisotopic (exact) mass is 298 g/mol. The Balaban J connectivity index is 2.09. The van der Waals surface area contributed by atoms with Gasteiger partial charge in [0, 0.05) is 6.42 Å². The van der Waals surface area contributed by atoms with Crippen LogP contribution in [0.3, 0.4) is 0 Å². The van der Waals surface area contributed by atoms with Crippen molar-refractivity contribution < 1.29 is 19.4 Å². The predicted molar refractivity (Wildman–Crippen MR) is 83.2 cm³/mol. The second-order valence-electron chi connectivity index (χ2n) is 5.19. The first kappa shape index (κ1) is 15.8. The molecule has 0 bridgehead atoms. The van der Waals surface area contributed by atoms with E-state index >= 15 is 0 Å². The number of carbonyl (C=O) groups excluding carboxylic acids is 1. The van der Waals surface area contributed by atoms with Gasteiger partial charge in [0.25, 0.3) is 0 Å². The Morgan fingerprint density at radius 3 is 2.32 bits per heavy atom. The summed E-state index contributed by atoms with van der Waals surface area (Å²) in [7, 11) is 0. The van der Waals surface area contributed by atoms with E-state index in [0.717, 1.165) is 5.56 Å². The average molecular weight is 298 g/mol. The number of carboxylic acid groups (broad SMARTS) is 1. The molecule has 2 aromatic rings. The molecule has 0 saturated carbocycles. The molecule has 1 unspecified atom stereocenters. The van der Waals surface area contributed by atoms with E-state index in [1.807, 2.05) is 37.3 Å². The number of aromatic carboxylic acids is 1. The van der Waals surface area contributed by atoms with Crippen molar-refractivity contribution >= 4 is 11.9 Å². The van der Waals surface area contributed by atoms with Crippen molar-refractivity contribution in [2.45, 2.75) is 26.4 Å². The van der Waals surface area contributed by atoms with Crippen molar-refractivity contribution in [2.75, 3.05) is 0 Å². The molecule has 0 amide bonds. The highest BCUT2D eigenvalue weighted by atomic mass is 16.5. The maximum absolute atomic E-state index is 12.2. The van der Waals surface area contributed by atoms with Crippen LogP contribution in [0.15, 0.2) is 48.5 Å². The largest absolute Gasteiger partial charge is 0.478 e. The number of rotatable bonds is 5. The van der Waals surface area contributed by atoms with Crippen molar-refractivity contribution in [2.24, 2.45) is 0 Å². The first-order valence-electron chi connectivity index (χ1n) is 7.07. The second-order valence-corrected chi connectivity index (χ2v) is 5.19. The molecule has 1 atom stereocenters. The van der Waals surface area contributed by atoms with Crippen molar-refractivity contribution in [3.8, 4) is 0 Å². The van der Waals surface area contributed by atoms with Gasteiger partial charge in [-0.15, -0.1) is 0 Å². The summed E-state index contributed by atoms with van der Waals surface area (Å²) >= 11 is 0. The van der Waals surface area contributed by atoms with Gasteiger partial charge in [0.15, 0.2) is 0 Å². The normalized spacial score (nSPS) is 11.7. The van der Waals surface area contributed by atoms with Gasteiger partial charge in [-0.3, -0.25) is 0 Å². The van der Waals surface area contributed by atoms with Crippen LogP contribution in [-0.4, -0.2) is 23.1 Å². The Bertz CT molecular complexity index is 677. The lowest BCUT2D eigenvalue weighted by Gasteiger charge is -2.15. The third kappa shape index (κ3) is 3.73. The van der Waals surface area contributed by atoms with Crippen LogP contribution in [0.1, 0.15) is 38.8 Å². The lowest BCUT2D eigenvalue weighted by atomic mass is 10.0. The van der Waals surface area contributed by atoms with Crippen LogP contribution in [-0.2, 0) is 11.2 Å². The van der Waals surface area contributed by atoms with E-state index in [1.165, 1.54) is 6.07 Å². The second kappa shape index (κ2) is 6.89. The van der Waals surface area contributed by atoms with E-state index in [-0.39, 0.29) is 11.7 Å². The summed E-state index contributed by atoms with van der Waals surface area (Å²) in [6.45, 7) is 3.43. The van der Waals surface area contributed by atoms with Crippen LogP contribution in [0.25, 0.3) is 0 Å². The molecule has 0 aliphatic heterocycles. The summed E-state index contributed by atoms with van der Waals surface area (Å²) in [6, 6.07) is 14.4. The third-order valence-electron chi connectivity index (χ3n) is 3.46. The van der Waals surface area contributed by atoms with Gasteiger partial charge >= 0.3 is 11.9 Å². The maximum atomic E-state index is 12.2. The van der Waals surface area contributed by atoms with E-state index in [4.69, 9.17) is 9.84 Å². The molecule has 22 heavy (non-hydrogen) atoms. The Morgan fingerprint density at radius 2 is 1.68 bits per heavy atom. The minimum Gasteiger partial charge on any atom is -0.478 e. The molecule has 2 aromatic carbocycles. The molecule has 4 heteroatoms. The van der Waals surface area contributed by atoms with Gasteiger partial charge < -0.3 is 9.84 Å². The summed E-state index contributed by atoms with van der Waals surface area (Å²) in [5.74, 6) is -1.55. The number of ether oxygens (including phenoxy) is 1. The molecular weight excluding hydrogens is 280 g/mol. The molecule has 0 heterocycles. The SMILES string of the molecule is Cc1c(C(=O)O)cccc1C(=O)OC(C)Cc1ccccc1. The van der Waals surface area contributed by atoms with Gasteiger partial charge in [-0.1, -0.05) is 36.4 Å². The van der Waals surface area contributed by atoms with E-state index < -0.39 is 11.9 Å². The van der Waals surface area contributed by atoms with E-state index in [0.29, 0.717) is 17.5 Å². The molecule has 0 aliphatic carbocycles. The van der Waals surface area contributed by atoms with Crippen molar-refractivity contribution in [3.05, 3.63) is 70.8 Å². The van der Waals surface area contributed by atoms with Crippen LogP contribution in [0, 0.1) is 6.92 Å². The maximum Gasteiger partial charge on any atom is 0.338 e. The molecule has 0 spiro atoms. The van der Waals surface area contributed by atoms with Crippen LogP contribution < -0.4 is 0 Å². The number of hydrogen-bond acceptors (Lipinski definition) is 3. The quantitative estimate of drug-likeness (QED) is 0.858. The zero-order valence-electron chi connectivity index (χ0n) is 12.6. The highest BCUT2D eigenvalue weighted by Gasteiger charge is 2.18. The predicted octanol–water partition coefficient (Wildman–Crippen LogP) is 3.48. The fraction of sp³-hybridized carbons (Fsp3) is 0.222. The number of carbonyl (C=O) groups is 2. The zero-order chi connectivity index (χ0) is 16.1. The van der Waals surface area contributed by atoms with Crippen molar-refractivity contribution in [1.82, 2.24) is 0 Å². The molecule has 4 nitrogen and oxygen atoms in total. The van der Waals surface area contributed by atoms with Crippen molar-refractivity contribution in [3.63, 3.8) is 0 Å². The number of benzene rings is 2. The lowest BCUT2D eigenvalue weighted by Crippen LogP contribution is -2.19. The highest BCUT2D eigenvalue weighted by molar-refractivity contribution is 5.97. The molecule has 1 N–H and O–H groups in total. The summed E-state index contributed by atoms with van der Waals surface area (Å²) in [6.07, 6.45) is 0.326. The minimum atomic E-state index is -1.05. The van der Waals surface area contributed by atoms with E-state index in [1.54, 1.807) is 19.1 Å². The highest BCUT2D eigenvalue weighted by Crippen LogP contribution is 2.16. The van der Waals surface area contributed by atoms with Crippen LogP contribution in [0.5, 0.6) is 0 Å².